The van der Waals surface area contributed by atoms with Gasteiger partial charge in [-0.15, -0.1) is 0 Å². The van der Waals surface area contributed by atoms with Gasteiger partial charge in [-0.3, -0.25) is 19.3 Å². The Kier molecular flexibility index (Phi) is 4.90. The van der Waals surface area contributed by atoms with Crippen molar-refractivity contribution in [1.29, 1.82) is 0 Å². The van der Waals surface area contributed by atoms with Gasteiger partial charge in [0.05, 0.1) is 34.2 Å². The molecule has 0 spiro atoms. The molecule has 4 unspecified atom stereocenters. The zero-order chi connectivity index (χ0) is 22.8. The van der Waals surface area contributed by atoms with E-state index < -0.39 is 41.4 Å². The molecule has 4 atom stereocenters. The third kappa shape index (κ3) is 3.08. The molecular weight excluding hydrogens is 445 g/mol. The van der Waals surface area contributed by atoms with Crippen LogP contribution in [0, 0.1) is 11.8 Å². The van der Waals surface area contributed by atoms with Crippen molar-refractivity contribution in [2.24, 2.45) is 11.8 Å². The van der Waals surface area contributed by atoms with Crippen molar-refractivity contribution in [3.63, 3.8) is 0 Å². The van der Waals surface area contributed by atoms with Crippen LogP contribution in [0.3, 0.4) is 0 Å². The summed E-state index contributed by atoms with van der Waals surface area (Å²) in [5, 5.41) is -0.131. The lowest BCUT2D eigenvalue weighted by Crippen LogP contribution is -2.46. The molecule has 32 heavy (non-hydrogen) atoms. The minimum absolute atomic E-state index is 0.131. The van der Waals surface area contributed by atoms with E-state index in [-0.39, 0.29) is 22.5 Å². The van der Waals surface area contributed by atoms with Gasteiger partial charge in [-0.05, 0) is 37.6 Å². The molecule has 9 heteroatoms. The van der Waals surface area contributed by atoms with Crippen molar-refractivity contribution in [3.8, 4) is 0 Å². The maximum atomic E-state index is 13.5. The number of halogens is 4. The van der Waals surface area contributed by atoms with Crippen molar-refractivity contribution in [2.75, 3.05) is 11.4 Å². The molecule has 2 amide bonds. The summed E-state index contributed by atoms with van der Waals surface area (Å²) in [6, 6.07) is 9.95. The zero-order valence-electron chi connectivity index (χ0n) is 16.7. The minimum Gasteiger partial charge on any atom is -0.292 e. The van der Waals surface area contributed by atoms with Crippen LogP contribution in [0.2, 0.25) is 5.02 Å². The molecule has 2 aromatic carbocycles. The third-order valence-corrected chi connectivity index (χ3v) is 7.01. The van der Waals surface area contributed by atoms with Gasteiger partial charge in [0.1, 0.15) is 0 Å². The van der Waals surface area contributed by atoms with E-state index in [1.54, 1.807) is 30.3 Å². The summed E-state index contributed by atoms with van der Waals surface area (Å²) in [4.78, 5) is 42.9. The summed E-state index contributed by atoms with van der Waals surface area (Å²) in [5.74, 6) is -3.27. The van der Waals surface area contributed by atoms with Crippen LogP contribution < -0.4 is 4.90 Å². The largest absolute Gasteiger partial charge is 0.416 e. The van der Waals surface area contributed by atoms with Crippen LogP contribution in [0.25, 0.3) is 0 Å². The van der Waals surface area contributed by atoms with Crippen molar-refractivity contribution in [2.45, 2.75) is 31.1 Å². The lowest BCUT2D eigenvalue weighted by atomic mass is 9.85. The molecule has 2 aromatic rings. The highest BCUT2D eigenvalue weighted by atomic mass is 35.5. The quantitative estimate of drug-likeness (QED) is 0.507. The molecule has 5 nitrogen and oxygen atoms in total. The number of nitrogens with zero attached hydrogens (tertiary/aromatic N) is 2. The lowest BCUT2D eigenvalue weighted by molar-refractivity contribution is -0.137. The number of hydrogen-bond donors (Lipinski definition) is 0. The van der Waals surface area contributed by atoms with Crippen LogP contribution in [-0.4, -0.2) is 41.1 Å². The van der Waals surface area contributed by atoms with E-state index in [0.717, 1.165) is 29.5 Å². The molecule has 3 aliphatic rings. The summed E-state index contributed by atoms with van der Waals surface area (Å²) in [5.41, 5.74) is -0.866. The summed E-state index contributed by atoms with van der Waals surface area (Å²) in [6.07, 6.45) is -3.24. The Hall–Kier alpha value is -2.71. The van der Waals surface area contributed by atoms with Gasteiger partial charge in [0, 0.05) is 11.6 Å². The van der Waals surface area contributed by atoms with Crippen LogP contribution in [0.1, 0.15) is 28.8 Å². The molecule has 5 rings (SSSR count). The Morgan fingerprint density at radius 1 is 1.00 bits per heavy atom. The van der Waals surface area contributed by atoms with Crippen LogP contribution in [0.15, 0.2) is 48.5 Å². The first-order chi connectivity index (χ1) is 15.2. The summed E-state index contributed by atoms with van der Waals surface area (Å²) < 4.78 is 39.8. The highest BCUT2D eigenvalue weighted by Crippen LogP contribution is 2.49. The summed E-state index contributed by atoms with van der Waals surface area (Å²) in [7, 11) is 0. The number of amides is 2. The highest BCUT2D eigenvalue weighted by Gasteiger charge is 2.65. The first-order valence-electron chi connectivity index (χ1n) is 10.3. The number of imide groups is 1. The molecule has 0 radical (unpaired) electrons. The van der Waals surface area contributed by atoms with Gasteiger partial charge in [0.2, 0.25) is 11.8 Å². The summed E-state index contributed by atoms with van der Waals surface area (Å²) >= 11 is 6.13. The summed E-state index contributed by atoms with van der Waals surface area (Å²) in [6.45, 7) is 0.589. The predicted octanol–water partition coefficient (Wildman–Crippen LogP) is 4.19. The smallest absolute Gasteiger partial charge is 0.292 e. The average molecular weight is 463 g/mol. The number of benzene rings is 2. The second-order valence-corrected chi connectivity index (χ2v) is 8.76. The van der Waals surface area contributed by atoms with Crippen LogP contribution in [-0.2, 0) is 15.8 Å². The molecule has 0 saturated carbocycles. The number of fused-ring (bicyclic) bond motifs is 3. The Morgan fingerprint density at radius 2 is 1.69 bits per heavy atom. The maximum absolute atomic E-state index is 13.5. The fourth-order valence-electron chi connectivity index (χ4n) is 5.39. The van der Waals surface area contributed by atoms with Crippen molar-refractivity contribution < 1.29 is 27.6 Å². The molecule has 0 bridgehead atoms. The van der Waals surface area contributed by atoms with Gasteiger partial charge in [0.15, 0.2) is 5.78 Å². The number of hydrogen-bond acceptors (Lipinski definition) is 4. The standard InChI is InChI=1S/C23H18ClF3N2O3/c24-14-9-8-13(23(25,26)27)11-16(14)29-21(31)17-15-7-4-10-28(15)19(18(17)22(29)32)20(30)12-5-2-1-3-6-12/h1-3,5-6,8-9,11,15,17-19H,4,7,10H2. The number of anilines is 1. The Morgan fingerprint density at radius 3 is 2.38 bits per heavy atom. The molecule has 166 valence electrons. The lowest BCUT2D eigenvalue weighted by Gasteiger charge is -2.28. The van der Waals surface area contributed by atoms with E-state index in [1.807, 2.05) is 4.90 Å². The number of ketones is 1. The first-order valence-corrected chi connectivity index (χ1v) is 10.7. The van der Waals surface area contributed by atoms with E-state index in [1.165, 1.54) is 0 Å². The predicted molar refractivity (Wildman–Crippen MR) is 110 cm³/mol. The van der Waals surface area contributed by atoms with Gasteiger partial charge in [-0.1, -0.05) is 41.9 Å². The number of carbonyl (C=O) groups is 3. The molecule has 3 saturated heterocycles. The van der Waals surface area contributed by atoms with E-state index in [2.05, 4.69) is 0 Å². The molecule has 3 heterocycles. The number of alkyl halides is 3. The first kappa shape index (κ1) is 21.2. The van der Waals surface area contributed by atoms with Crippen LogP contribution >= 0.6 is 11.6 Å². The number of carbonyl (C=O) groups excluding carboxylic acids is 3. The van der Waals surface area contributed by atoms with Crippen molar-refractivity contribution >= 4 is 34.9 Å². The minimum atomic E-state index is -4.66. The SMILES string of the molecule is O=C(c1ccccc1)C1C2C(=O)N(c3cc(C(F)(F)F)ccc3Cl)C(=O)C2C2CCCN21. The normalized spacial score (nSPS) is 27.7. The fourth-order valence-corrected chi connectivity index (χ4v) is 5.59. The fraction of sp³-hybridized carbons (Fsp3) is 0.348. The van der Waals surface area contributed by atoms with Crippen LogP contribution in [0.5, 0.6) is 0 Å². The maximum Gasteiger partial charge on any atom is 0.416 e. The molecule has 0 N–H and O–H groups in total. The molecule has 3 fully saturated rings. The van der Waals surface area contributed by atoms with Gasteiger partial charge in [-0.25, -0.2) is 4.90 Å². The van der Waals surface area contributed by atoms with E-state index in [9.17, 15) is 27.6 Å². The zero-order valence-corrected chi connectivity index (χ0v) is 17.4. The average Bonchev–Trinajstić information content (AvgIpc) is 3.40. The topological polar surface area (TPSA) is 57.7 Å². The molecule has 3 aliphatic heterocycles. The van der Waals surface area contributed by atoms with Gasteiger partial charge >= 0.3 is 6.18 Å². The molecule has 0 aliphatic carbocycles. The third-order valence-electron chi connectivity index (χ3n) is 6.69. The number of Topliss-reactive ketones (excluding diaryl/α,β-unsaturated/α-hetero) is 1. The van der Waals surface area contributed by atoms with Gasteiger partial charge in [-0.2, -0.15) is 13.2 Å². The Balaban J connectivity index is 1.57. The Labute approximate surface area is 186 Å². The Bertz CT molecular complexity index is 1120. The van der Waals surface area contributed by atoms with E-state index in [4.69, 9.17) is 11.6 Å². The monoisotopic (exact) mass is 462 g/mol. The molecular formula is C23H18ClF3N2O3. The van der Waals surface area contributed by atoms with E-state index in [0.29, 0.717) is 18.5 Å². The second-order valence-electron chi connectivity index (χ2n) is 8.35. The number of rotatable bonds is 3. The van der Waals surface area contributed by atoms with Crippen molar-refractivity contribution in [3.05, 3.63) is 64.7 Å². The van der Waals surface area contributed by atoms with Gasteiger partial charge in [0.25, 0.3) is 0 Å². The van der Waals surface area contributed by atoms with Crippen molar-refractivity contribution in [1.82, 2.24) is 4.90 Å². The molecule has 0 aromatic heterocycles. The van der Waals surface area contributed by atoms with Gasteiger partial charge < -0.3 is 0 Å². The van der Waals surface area contributed by atoms with E-state index >= 15 is 0 Å². The highest BCUT2D eigenvalue weighted by molar-refractivity contribution is 6.36. The van der Waals surface area contributed by atoms with Crippen LogP contribution in [0.4, 0.5) is 18.9 Å². The second kappa shape index (κ2) is 7.42.